The molecule has 0 rings (SSSR count). The summed E-state index contributed by atoms with van der Waals surface area (Å²) >= 11 is 0. The van der Waals surface area contributed by atoms with E-state index in [1.165, 1.54) is 57.8 Å². The summed E-state index contributed by atoms with van der Waals surface area (Å²) in [5, 5.41) is 0. The Labute approximate surface area is 108 Å². The van der Waals surface area contributed by atoms with Crippen molar-refractivity contribution >= 4 is 5.91 Å². The van der Waals surface area contributed by atoms with Crippen LogP contribution in [-0.4, -0.2) is 24.4 Å². The maximum absolute atomic E-state index is 11.0. The van der Waals surface area contributed by atoms with E-state index in [2.05, 4.69) is 6.92 Å². The molecule has 0 radical (unpaired) electrons. The molecule has 0 N–H and O–H groups in total. The van der Waals surface area contributed by atoms with Crippen LogP contribution in [0, 0.1) is 0 Å². The van der Waals surface area contributed by atoms with Gasteiger partial charge in [0.15, 0.2) is 0 Å². The summed E-state index contributed by atoms with van der Waals surface area (Å²) in [5.41, 5.74) is 0. The quantitative estimate of drug-likeness (QED) is 0.491. The van der Waals surface area contributed by atoms with Gasteiger partial charge in [0.1, 0.15) is 0 Å². The highest BCUT2D eigenvalue weighted by atomic mass is 16.2. The molecule has 0 aromatic heterocycles. The van der Waals surface area contributed by atoms with Crippen LogP contribution in [-0.2, 0) is 4.79 Å². The van der Waals surface area contributed by atoms with Crippen LogP contribution in [0.15, 0.2) is 0 Å². The number of unbranched alkanes of at least 4 members (excludes halogenated alkanes) is 9. The summed E-state index contributed by atoms with van der Waals surface area (Å²) in [5.74, 6) is 0.181. The van der Waals surface area contributed by atoms with Crippen LogP contribution in [0.3, 0.4) is 0 Å². The number of carbonyl (C=O) groups excluding carboxylic acids is 1. The Balaban J connectivity index is 3.06. The van der Waals surface area contributed by atoms with Gasteiger partial charge >= 0.3 is 0 Å². The standard InChI is InChI=1S/C15H31NO/c1-4-5-6-7-8-9-10-11-12-13-14-16(3)15(2)17/h4-14H2,1-3H3. The van der Waals surface area contributed by atoms with Gasteiger partial charge in [0.2, 0.25) is 5.91 Å². The second kappa shape index (κ2) is 11.9. The third kappa shape index (κ3) is 11.7. The van der Waals surface area contributed by atoms with E-state index in [9.17, 15) is 4.79 Å². The lowest BCUT2D eigenvalue weighted by atomic mass is 10.1. The zero-order valence-corrected chi connectivity index (χ0v) is 12.1. The zero-order chi connectivity index (χ0) is 12.9. The first kappa shape index (κ1) is 16.5. The summed E-state index contributed by atoms with van der Waals surface area (Å²) in [6.45, 7) is 4.82. The second-order valence-corrected chi connectivity index (χ2v) is 5.12. The Kier molecular flexibility index (Phi) is 11.6. The minimum Gasteiger partial charge on any atom is -0.346 e. The molecule has 1 amide bonds. The normalized spacial score (nSPS) is 10.5. The molecular weight excluding hydrogens is 210 g/mol. The molecule has 17 heavy (non-hydrogen) atoms. The zero-order valence-electron chi connectivity index (χ0n) is 12.1. The molecule has 0 bridgehead atoms. The molecule has 0 spiro atoms. The van der Waals surface area contributed by atoms with E-state index in [-0.39, 0.29) is 5.91 Å². The van der Waals surface area contributed by atoms with Gasteiger partial charge in [0, 0.05) is 20.5 Å². The van der Waals surface area contributed by atoms with Crippen molar-refractivity contribution in [3.8, 4) is 0 Å². The topological polar surface area (TPSA) is 20.3 Å². The van der Waals surface area contributed by atoms with Crippen molar-refractivity contribution in [1.82, 2.24) is 4.90 Å². The molecule has 0 aliphatic rings. The average molecular weight is 241 g/mol. The first-order valence-corrected chi connectivity index (χ1v) is 7.40. The van der Waals surface area contributed by atoms with Crippen LogP contribution >= 0.6 is 0 Å². The number of carbonyl (C=O) groups is 1. The van der Waals surface area contributed by atoms with E-state index >= 15 is 0 Å². The first-order chi connectivity index (χ1) is 8.18. The molecule has 0 atom stereocenters. The molecule has 2 heteroatoms. The number of nitrogens with zero attached hydrogens (tertiary/aromatic N) is 1. The third-order valence-corrected chi connectivity index (χ3v) is 3.38. The summed E-state index contributed by atoms with van der Waals surface area (Å²) in [6.07, 6.45) is 13.5. The molecule has 0 saturated carbocycles. The SMILES string of the molecule is CCCCCCCCCCCCN(C)C(C)=O. The summed E-state index contributed by atoms with van der Waals surface area (Å²) in [6, 6.07) is 0. The molecule has 0 aromatic carbocycles. The van der Waals surface area contributed by atoms with Crippen LogP contribution < -0.4 is 0 Å². The van der Waals surface area contributed by atoms with Crippen molar-refractivity contribution in [2.75, 3.05) is 13.6 Å². The van der Waals surface area contributed by atoms with Gasteiger partial charge in [0.25, 0.3) is 0 Å². The molecule has 0 saturated heterocycles. The Morgan fingerprint density at radius 1 is 0.824 bits per heavy atom. The van der Waals surface area contributed by atoms with Crippen molar-refractivity contribution in [1.29, 1.82) is 0 Å². The maximum atomic E-state index is 11.0. The summed E-state index contributed by atoms with van der Waals surface area (Å²) in [4.78, 5) is 12.8. The number of hydrogen-bond donors (Lipinski definition) is 0. The highest BCUT2D eigenvalue weighted by Gasteiger charge is 2.00. The molecule has 2 nitrogen and oxygen atoms in total. The number of amides is 1. The van der Waals surface area contributed by atoms with E-state index < -0.39 is 0 Å². The van der Waals surface area contributed by atoms with Crippen LogP contribution in [0.5, 0.6) is 0 Å². The van der Waals surface area contributed by atoms with Crippen molar-refractivity contribution in [2.24, 2.45) is 0 Å². The molecule has 0 aliphatic carbocycles. The summed E-state index contributed by atoms with van der Waals surface area (Å²) in [7, 11) is 1.88. The Bertz CT molecular complexity index is 180. The Morgan fingerprint density at radius 2 is 1.24 bits per heavy atom. The van der Waals surface area contributed by atoms with Crippen molar-refractivity contribution in [3.63, 3.8) is 0 Å². The molecule has 0 unspecified atom stereocenters. The number of rotatable bonds is 11. The predicted molar refractivity (Wildman–Crippen MR) is 75.2 cm³/mol. The van der Waals surface area contributed by atoms with Crippen molar-refractivity contribution < 1.29 is 4.79 Å². The van der Waals surface area contributed by atoms with Gasteiger partial charge in [-0.05, 0) is 6.42 Å². The minimum atomic E-state index is 0.181. The maximum Gasteiger partial charge on any atom is 0.219 e. The van der Waals surface area contributed by atoms with Gasteiger partial charge in [-0.1, -0.05) is 64.7 Å². The molecular formula is C15H31NO. The largest absolute Gasteiger partial charge is 0.346 e. The molecule has 0 heterocycles. The minimum absolute atomic E-state index is 0.181. The van der Waals surface area contributed by atoms with Crippen molar-refractivity contribution in [3.05, 3.63) is 0 Å². The highest BCUT2D eigenvalue weighted by Crippen LogP contribution is 2.10. The van der Waals surface area contributed by atoms with E-state index in [0.717, 1.165) is 13.0 Å². The lowest BCUT2D eigenvalue weighted by Gasteiger charge is -2.13. The van der Waals surface area contributed by atoms with Crippen LogP contribution in [0.2, 0.25) is 0 Å². The van der Waals surface area contributed by atoms with Gasteiger partial charge in [-0.25, -0.2) is 0 Å². The Morgan fingerprint density at radius 3 is 1.65 bits per heavy atom. The van der Waals surface area contributed by atoms with E-state index in [1.54, 1.807) is 6.92 Å². The lowest BCUT2D eigenvalue weighted by molar-refractivity contribution is -0.127. The predicted octanol–water partition coefficient (Wildman–Crippen LogP) is 4.39. The molecule has 0 aliphatic heterocycles. The first-order valence-electron chi connectivity index (χ1n) is 7.40. The highest BCUT2D eigenvalue weighted by molar-refractivity contribution is 5.72. The van der Waals surface area contributed by atoms with Gasteiger partial charge in [-0.3, -0.25) is 4.79 Å². The van der Waals surface area contributed by atoms with E-state index in [0.29, 0.717) is 0 Å². The average Bonchev–Trinajstić information content (AvgIpc) is 2.31. The van der Waals surface area contributed by atoms with Crippen LogP contribution in [0.25, 0.3) is 0 Å². The monoisotopic (exact) mass is 241 g/mol. The van der Waals surface area contributed by atoms with Gasteiger partial charge in [-0.2, -0.15) is 0 Å². The van der Waals surface area contributed by atoms with E-state index in [4.69, 9.17) is 0 Å². The van der Waals surface area contributed by atoms with Gasteiger partial charge < -0.3 is 4.90 Å². The Hall–Kier alpha value is -0.530. The van der Waals surface area contributed by atoms with Gasteiger partial charge in [0.05, 0.1) is 0 Å². The lowest BCUT2D eigenvalue weighted by Crippen LogP contribution is -2.24. The van der Waals surface area contributed by atoms with Crippen LogP contribution in [0.4, 0.5) is 0 Å². The van der Waals surface area contributed by atoms with Crippen LogP contribution in [0.1, 0.15) is 78.1 Å². The second-order valence-electron chi connectivity index (χ2n) is 5.12. The van der Waals surface area contributed by atoms with Crippen molar-refractivity contribution in [2.45, 2.75) is 78.1 Å². The fourth-order valence-corrected chi connectivity index (χ4v) is 1.99. The molecule has 0 aromatic rings. The fraction of sp³-hybridized carbons (Fsp3) is 0.933. The smallest absolute Gasteiger partial charge is 0.219 e. The van der Waals surface area contributed by atoms with E-state index in [1.807, 2.05) is 11.9 Å². The fourth-order valence-electron chi connectivity index (χ4n) is 1.99. The third-order valence-electron chi connectivity index (χ3n) is 3.38. The molecule has 102 valence electrons. The van der Waals surface area contributed by atoms with Gasteiger partial charge in [-0.15, -0.1) is 0 Å². The summed E-state index contributed by atoms with van der Waals surface area (Å²) < 4.78 is 0. The number of hydrogen-bond acceptors (Lipinski definition) is 1. The molecule has 0 fully saturated rings.